The van der Waals surface area contributed by atoms with Crippen LogP contribution < -0.4 is 11.1 Å². The molecule has 3 rings (SSSR count). The molecule has 0 aliphatic carbocycles. The fraction of sp³-hybridized carbons (Fsp3) is 0.0667. The molecule has 4 heteroatoms. The third-order valence-corrected chi connectivity index (χ3v) is 3.37. The number of hydrogen-bond acceptors (Lipinski definition) is 3. The van der Waals surface area contributed by atoms with Gasteiger partial charge in [0.1, 0.15) is 11.2 Å². The van der Waals surface area contributed by atoms with E-state index in [-0.39, 0.29) is 0 Å². The van der Waals surface area contributed by atoms with Crippen LogP contribution in [0.4, 0.5) is 5.69 Å². The molecule has 0 amide bonds. The first kappa shape index (κ1) is 12.0. The number of rotatable bonds is 1. The molecular formula is C15H13N3S. The van der Waals surface area contributed by atoms with E-state index >= 15 is 0 Å². The van der Waals surface area contributed by atoms with E-state index in [0.29, 0.717) is 4.99 Å². The number of nitrogens with zero attached hydrogens (tertiary/aromatic N) is 1. The van der Waals surface area contributed by atoms with Gasteiger partial charge in [-0.3, -0.25) is 4.99 Å². The first-order chi connectivity index (χ1) is 9.25. The Morgan fingerprint density at radius 1 is 1.00 bits per heavy atom. The van der Waals surface area contributed by atoms with Crippen molar-refractivity contribution in [3.8, 4) is 0 Å². The maximum Gasteiger partial charge on any atom is 0.149 e. The molecule has 1 aliphatic heterocycles. The number of thiocarbonyl (C=S) groups is 1. The van der Waals surface area contributed by atoms with Gasteiger partial charge in [-0.05, 0) is 6.07 Å². The van der Waals surface area contributed by atoms with Crippen LogP contribution in [0.2, 0.25) is 0 Å². The molecule has 1 aliphatic rings. The smallest absolute Gasteiger partial charge is 0.149 e. The number of hydrogen-bond donors (Lipinski definition) is 2. The topological polar surface area (TPSA) is 50.4 Å². The number of anilines is 1. The lowest BCUT2D eigenvalue weighted by atomic mass is 10.0. The summed E-state index contributed by atoms with van der Waals surface area (Å²) in [4.78, 5) is 5.10. The number of aliphatic imine (C=N–C) groups is 1. The summed E-state index contributed by atoms with van der Waals surface area (Å²) >= 11 is 5.25. The Morgan fingerprint density at radius 3 is 2.47 bits per heavy atom. The number of benzodiazepines with no additional fused rings is 1. The Morgan fingerprint density at radius 2 is 1.68 bits per heavy atom. The van der Waals surface area contributed by atoms with Gasteiger partial charge in [-0.1, -0.05) is 60.7 Å². The normalized spacial score (nSPS) is 18.1. The fourth-order valence-electron chi connectivity index (χ4n) is 2.10. The molecule has 0 spiro atoms. The van der Waals surface area contributed by atoms with Crippen LogP contribution in [0.15, 0.2) is 59.6 Å². The van der Waals surface area contributed by atoms with Gasteiger partial charge in [-0.15, -0.1) is 0 Å². The van der Waals surface area contributed by atoms with Crippen molar-refractivity contribution < 1.29 is 0 Å². The average Bonchev–Trinajstić information content (AvgIpc) is 2.58. The second kappa shape index (κ2) is 4.91. The predicted molar refractivity (Wildman–Crippen MR) is 82.7 cm³/mol. The second-order valence-corrected chi connectivity index (χ2v) is 4.76. The van der Waals surface area contributed by atoms with Crippen molar-refractivity contribution in [2.24, 2.45) is 10.7 Å². The van der Waals surface area contributed by atoms with E-state index in [1.165, 1.54) is 0 Å². The molecule has 2 aromatic carbocycles. The average molecular weight is 267 g/mol. The van der Waals surface area contributed by atoms with Crippen molar-refractivity contribution in [1.29, 1.82) is 0 Å². The molecule has 19 heavy (non-hydrogen) atoms. The van der Waals surface area contributed by atoms with Crippen LogP contribution >= 0.6 is 12.2 Å². The largest absolute Gasteiger partial charge is 0.347 e. The first-order valence-electron chi connectivity index (χ1n) is 6.05. The monoisotopic (exact) mass is 267 g/mol. The summed E-state index contributed by atoms with van der Waals surface area (Å²) < 4.78 is 0. The molecule has 0 fully saturated rings. The predicted octanol–water partition coefficient (Wildman–Crippen LogP) is 2.56. The zero-order valence-electron chi connectivity index (χ0n) is 10.2. The highest BCUT2D eigenvalue weighted by Gasteiger charge is 2.19. The van der Waals surface area contributed by atoms with Crippen molar-refractivity contribution in [2.45, 2.75) is 6.17 Å². The third-order valence-electron chi connectivity index (χ3n) is 3.02. The minimum absolute atomic E-state index is 0.516. The Hall–Kier alpha value is -2.04. The maximum absolute atomic E-state index is 5.99. The maximum atomic E-state index is 5.99. The zero-order valence-corrected chi connectivity index (χ0v) is 11.0. The van der Waals surface area contributed by atoms with Gasteiger partial charge in [0.15, 0.2) is 0 Å². The molecular weight excluding hydrogens is 254 g/mol. The SMILES string of the molecule is N[C@@H]1N=C(c2ccccc2)c2ccccc2NC1=S. The van der Waals surface area contributed by atoms with Gasteiger partial charge in [0.25, 0.3) is 0 Å². The lowest BCUT2D eigenvalue weighted by molar-refractivity contribution is 0.938. The van der Waals surface area contributed by atoms with Crippen LogP contribution in [0.1, 0.15) is 11.1 Å². The van der Waals surface area contributed by atoms with E-state index in [1.54, 1.807) is 0 Å². The van der Waals surface area contributed by atoms with Crippen molar-refractivity contribution in [3.63, 3.8) is 0 Å². The van der Waals surface area contributed by atoms with E-state index in [9.17, 15) is 0 Å². The second-order valence-electron chi connectivity index (χ2n) is 4.32. The van der Waals surface area contributed by atoms with E-state index in [4.69, 9.17) is 18.0 Å². The van der Waals surface area contributed by atoms with Crippen LogP contribution in [0.25, 0.3) is 0 Å². The summed E-state index contributed by atoms with van der Waals surface area (Å²) in [6.07, 6.45) is -0.516. The number of nitrogens with one attached hydrogen (secondary N) is 1. The summed E-state index contributed by atoms with van der Waals surface area (Å²) in [6, 6.07) is 18.0. The molecule has 0 unspecified atom stereocenters. The van der Waals surface area contributed by atoms with E-state index in [1.807, 2.05) is 54.6 Å². The Bertz CT molecular complexity index is 649. The number of nitrogens with two attached hydrogens (primary N) is 1. The van der Waals surface area contributed by atoms with E-state index in [2.05, 4.69) is 10.3 Å². The van der Waals surface area contributed by atoms with Gasteiger partial charge >= 0.3 is 0 Å². The first-order valence-corrected chi connectivity index (χ1v) is 6.45. The van der Waals surface area contributed by atoms with Gasteiger partial charge in [0, 0.05) is 16.8 Å². The Balaban J connectivity index is 2.21. The molecule has 3 nitrogen and oxygen atoms in total. The van der Waals surface area contributed by atoms with Crippen molar-refractivity contribution in [2.75, 3.05) is 5.32 Å². The quantitative estimate of drug-likeness (QED) is 0.781. The van der Waals surface area contributed by atoms with Crippen LogP contribution in [-0.2, 0) is 0 Å². The van der Waals surface area contributed by atoms with Gasteiger partial charge < -0.3 is 11.1 Å². The highest BCUT2D eigenvalue weighted by Crippen LogP contribution is 2.23. The summed E-state index contributed by atoms with van der Waals surface area (Å²) in [5.41, 5.74) is 9.87. The Kier molecular flexibility index (Phi) is 3.11. The molecule has 0 saturated heterocycles. The summed E-state index contributed by atoms with van der Waals surface area (Å²) in [5.74, 6) is 0. The number of fused-ring (bicyclic) bond motifs is 1. The molecule has 0 bridgehead atoms. The van der Waals surface area contributed by atoms with Crippen LogP contribution in [0, 0.1) is 0 Å². The molecule has 0 saturated carbocycles. The highest BCUT2D eigenvalue weighted by atomic mass is 32.1. The molecule has 94 valence electrons. The molecule has 3 N–H and O–H groups in total. The van der Waals surface area contributed by atoms with Crippen LogP contribution in [0.3, 0.4) is 0 Å². The van der Waals surface area contributed by atoms with Gasteiger partial charge in [-0.25, -0.2) is 0 Å². The highest BCUT2D eigenvalue weighted by molar-refractivity contribution is 7.80. The van der Waals surface area contributed by atoms with Crippen molar-refractivity contribution in [3.05, 3.63) is 65.7 Å². The molecule has 2 aromatic rings. The van der Waals surface area contributed by atoms with E-state index < -0.39 is 6.17 Å². The minimum atomic E-state index is -0.516. The van der Waals surface area contributed by atoms with Crippen molar-refractivity contribution >= 4 is 28.6 Å². The van der Waals surface area contributed by atoms with E-state index in [0.717, 1.165) is 22.5 Å². The summed E-state index contributed by atoms with van der Waals surface area (Å²) in [7, 11) is 0. The lowest BCUT2D eigenvalue weighted by Gasteiger charge is -2.09. The van der Waals surface area contributed by atoms with Crippen LogP contribution in [0.5, 0.6) is 0 Å². The molecule has 1 heterocycles. The summed E-state index contributed by atoms with van der Waals surface area (Å²) in [6.45, 7) is 0. The molecule has 0 aromatic heterocycles. The minimum Gasteiger partial charge on any atom is -0.347 e. The van der Waals surface area contributed by atoms with Crippen LogP contribution in [-0.4, -0.2) is 16.9 Å². The number of para-hydroxylation sites is 1. The van der Waals surface area contributed by atoms with Crippen molar-refractivity contribution in [1.82, 2.24) is 0 Å². The standard InChI is InChI=1S/C15H13N3S/c16-14-15(19)17-12-9-5-4-8-11(12)13(18-14)10-6-2-1-3-7-10/h1-9,14H,16H2,(H,17,19)/t14-/m1/s1. The van der Waals surface area contributed by atoms with Gasteiger partial charge in [-0.2, -0.15) is 0 Å². The molecule has 1 atom stereocenters. The number of benzene rings is 2. The van der Waals surface area contributed by atoms with Gasteiger partial charge in [0.05, 0.1) is 5.71 Å². The fourth-order valence-corrected chi connectivity index (χ4v) is 2.26. The Labute approximate surface area is 117 Å². The van der Waals surface area contributed by atoms with Gasteiger partial charge in [0.2, 0.25) is 0 Å². The lowest BCUT2D eigenvalue weighted by Crippen LogP contribution is -2.31. The zero-order chi connectivity index (χ0) is 13.2. The summed E-state index contributed by atoms with van der Waals surface area (Å²) in [5, 5.41) is 3.16. The molecule has 0 radical (unpaired) electrons. The third kappa shape index (κ3) is 2.28.